The van der Waals surface area contributed by atoms with Gasteiger partial charge in [0, 0.05) is 13.1 Å². The Morgan fingerprint density at radius 2 is 1.88 bits per heavy atom. The Labute approximate surface area is 150 Å². The Hall–Kier alpha value is -1.13. The predicted molar refractivity (Wildman–Crippen MR) is 95.8 cm³/mol. The van der Waals surface area contributed by atoms with Gasteiger partial charge in [-0.3, -0.25) is 4.31 Å². The second-order valence-corrected chi connectivity index (χ2v) is 10.9. The van der Waals surface area contributed by atoms with Crippen LogP contribution in [0.3, 0.4) is 0 Å². The number of nitrogens with zero attached hydrogens (tertiary/aromatic N) is 1. The molecule has 2 heterocycles. The number of rotatable bonds is 6. The van der Waals surface area contributed by atoms with Crippen LogP contribution in [0.15, 0.2) is 40.6 Å². The zero-order valence-corrected chi connectivity index (χ0v) is 15.7. The molecule has 1 N–H and O–H groups in total. The molecule has 0 saturated heterocycles. The molecule has 24 heavy (non-hydrogen) atoms. The van der Waals surface area contributed by atoms with Crippen LogP contribution in [0.5, 0.6) is 0 Å². The number of sulfonamides is 2. The Bertz CT molecular complexity index is 954. The van der Waals surface area contributed by atoms with E-state index in [4.69, 9.17) is 11.6 Å². The van der Waals surface area contributed by atoms with E-state index in [9.17, 15) is 16.8 Å². The summed E-state index contributed by atoms with van der Waals surface area (Å²) in [5.74, 6) is -0.306. The second kappa shape index (κ2) is 6.64. The number of hydrogen-bond acceptors (Lipinski definition) is 5. The van der Waals surface area contributed by atoms with E-state index in [1.165, 1.54) is 16.4 Å². The summed E-state index contributed by atoms with van der Waals surface area (Å²) in [6, 6.07) is 10.2. The maximum Gasteiger partial charge on any atom is 0.250 e. The summed E-state index contributed by atoms with van der Waals surface area (Å²) < 4.78 is 53.2. The second-order valence-electron chi connectivity index (χ2n) is 5.22. The van der Waals surface area contributed by atoms with Crippen LogP contribution in [0.2, 0.25) is 4.34 Å². The van der Waals surface area contributed by atoms with Crippen molar-refractivity contribution in [2.75, 3.05) is 23.1 Å². The molecule has 0 unspecified atom stereocenters. The van der Waals surface area contributed by atoms with Gasteiger partial charge in [-0.25, -0.2) is 21.6 Å². The Balaban J connectivity index is 1.66. The zero-order valence-electron chi connectivity index (χ0n) is 12.5. The summed E-state index contributed by atoms with van der Waals surface area (Å²) in [5, 5.41) is 0. The van der Waals surface area contributed by atoms with Gasteiger partial charge in [0.15, 0.2) is 0 Å². The molecule has 1 aliphatic rings. The molecule has 0 fully saturated rings. The van der Waals surface area contributed by atoms with Gasteiger partial charge >= 0.3 is 0 Å². The average molecular weight is 407 g/mol. The molecular weight excluding hydrogens is 392 g/mol. The number of nitrogens with one attached hydrogen (secondary N) is 1. The number of para-hydroxylation sites is 1. The summed E-state index contributed by atoms with van der Waals surface area (Å²) in [6.45, 7) is 0.188. The van der Waals surface area contributed by atoms with E-state index in [1.807, 2.05) is 12.1 Å². The van der Waals surface area contributed by atoms with Crippen LogP contribution in [0.1, 0.15) is 5.56 Å². The smallest absolute Gasteiger partial charge is 0.250 e. The van der Waals surface area contributed by atoms with Crippen molar-refractivity contribution in [3.05, 3.63) is 46.3 Å². The molecule has 1 aromatic carbocycles. The predicted octanol–water partition coefficient (Wildman–Crippen LogP) is 2.07. The first-order valence-electron chi connectivity index (χ1n) is 7.13. The highest BCUT2D eigenvalue weighted by atomic mass is 35.5. The van der Waals surface area contributed by atoms with Crippen molar-refractivity contribution in [1.29, 1.82) is 0 Å². The van der Waals surface area contributed by atoms with Crippen LogP contribution in [0.25, 0.3) is 0 Å². The van der Waals surface area contributed by atoms with E-state index in [0.717, 1.165) is 16.9 Å². The molecule has 0 atom stereocenters. The molecule has 2 aromatic rings. The van der Waals surface area contributed by atoms with Crippen molar-refractivity contribution >= 4 is 48.7 Å². The number of halogens is 1. The van der Waals surface area contributed by atoms with Gasteiger partial charge in [-0.2, -0.15) is 0 Å². The van der Waals surface area contributed by atoms with Gasteiger partial charge < -0.3 is 0 Å². The van der Waals surface area contributed by atoms with Gasteiger partial charge in [-0.15, -0.1) is 11.3 Å². The minimum absolute atomic E-state index is 0.0661. The van der Waals surface area contributed by atoms with Crippen molar-refractivity contribution in [3.8, 4) is 0 Å². The van der Waals surface area contributed by atoms with Crippen LogP contribution in [-0.4, -0.2) is 35.7 Å². The summed E-state index contributed by atoms with van der Waals surface area (Å²) in [7, 11) is -7.33. The Morgan fingerprint density at radius 1 is 1.12 bits per heavy atom. The summed E-state index contributed by atoms with van der Waals surface area (Å²) in [5.41, 5.74) is 1.65. The van der Waals surface area contributed by atoms with Gasteiger partial charge in [0.1, 0.15) is 4.21 Å². The molecule has 0 amide bonds. The molecule has 1 aromatic heterocycles. The fourth-order valence-electron chi connectivity index (χ4n) is 2.53. The molecule has 0 saturated carbocycles. The van der Waals surface area contributed by atoms with Crippen LogP contribution < -0.4 is 9.03 Å². The van der Waals surface area contributed by atoms with Gasteiger partial charge in [0.2, 0.25) is 20.0 Å². The van der Waals surface area contributed by atoms with Gasteiger partial charge in [0.25, 0.3) is 0 Å². The lowest BCUT2D eigenvalue weighted by atomic mass is 10.2. The first-order valence-corrected chi connectivity index (χ1v) is 11.4. The standard InChI is InChI=1S/C14H15ClN2O4S3/c15-13-5-6-14(22-13)24(20,21)16-8-10-23(18,19)17-9-7-11-3-1-2-4-12(11)17/h1-6,16H,7-10H2. The van der Waals surface area contributed by atoms with E-state index in [2.05, 4.69) is 4.72 Å². The topological polar surface area (TPSA) is 83.5 Å². The number of thiophene rings is 1. The van der Waals surface area contributed by atoms with E-state index in [-0.39, 0.29) is 16.5 Å². The van der Waals surface area contributed by atoms with Gasteiger partial charge in [-0.05, 0) is 30.2 Å². The van der Waals surface area contributed by atoms with Gasteiger partial charge in [0.05, 0.1) is 15.8 Å². The lowest BCUT2D eigenvalue weighted by Gasteiger charge is -2.19. The molecule has 1 aliphatic heterocycles. The summed E-state index contributed by atoms with van der Waals surface area (Å²) in [6.07, 6.45) is 0.662. The van der Waals surface area contributed by atoms with Crippen LogP contribution in [0.4, 0.5) is 5.69 Å². The first-order chi connectivity index (χ1) is 11.3. The lowest BCUT2D eigenvalue weighted by Crippen LogP contribution is -2.36. The molecular formula is C14H15ClN2O4S3. The van der Waals surface area contributed by atoms with E-state index in [1.54, 1.807) is 12.1 Å². The SMILES string of the molecule is O=S(=O)(NCCS(=O)(=O)N1CCc2ccccc21)c1ccc(Cl)s1. The fraction of sp³-hybridized carbons (Fsp3) is 0.286. The molecule has 130 valence electrons. The maximum absolute atomic E-state index is 12.5. The van der Waals surface area contributed by atoms with Gasteiger partial charge in [-0.1, -0.05) is 29.8 Å². The third-order valence-corrected chi connectivity index (χ3v) is 8.60. The number of benzene rings is 1. The highest BCUT2D eigenvalue weighted by molar-refractivity contribution is 7.93. The summed E-state index contributed by atoms with van der Waals surface area (Å²) >= 11 is 6.65. The Kier molecular flexibility index (Phi) is 4.89. The molecule has 10 heteroatoms. The molecule has 0 radical (unpaired) electrons. The third kappa shape index (κ3) is 3.60. The molecule has 6 nitrogen and oxygen atoms in total. The zero-order chi connectivity index (χ0) is 17.4. The Morgan fingerprint density at radius 3 is 2.58 bits per heavy atom. The number of fused-ring (bicyclic) bond motifs is 1. The third-order valence-electron chi connectivity index (χ3n) is 3.65. The molecule has 0 aliphatic carbocycles. The van der Waals surface area contributed by atoms with Crippen LogP contribution in [-0.2, 0) is 26.5 Å². The molecule has 0 bridgehead atoms. The van der Waals surface area contributed by atoms with Crippen molar-refractivity contribution in [2.24, 2.45) is 0 Å². The van der Waals surface area contributed by atoms with Crippen molar-refractivity contribution in [1.82, 2.24) is 4.72 Å². The number of hydrogen-bond donors (Lipinski definition) is 1. The molecule has 3 rings (SSSR count). The van der Waals surface area contributed by atoms with E-state index >= 15 is 0 Å². The average Bonchev–Trinajstić information content (AvgIpc) is 3.13. The molecule has 0 spiro atoms. The highest BCUT2D eigenvalue weighted by Gasteiger charge is 2.29. The van der Waals surface area contributed by atoms with E-state index in [0.29, 0.717) is 23.0 Å². The van der Waals surface area contributed by atoms with Crippen molar-refractivity contribution in [2.45, 2.75) is 10.6 Å². The fourth-order valence-corrected chi connectivity index (χ4v) is 6.64. The van der Waals surface area contributed by atoms with Crippen LogP contribution in [0, 0.1) is 0 Å². The summed E-state index contributed by atoms with van der Waals surface area (Å²) in [4.78, 5) is 0. The minimum Gasteiger partial charge on any atom is -0.270 e. The highest BCUT2D eigenvalue weighted by Crippen LogP contribution is 2.30. The van der Waals surface area contributed by atoms with Crippen molar-refractivity contribution < 1.29 is 16.8 Å². The monoisotopic (exact) mass is 406 g/mol. The number of anilines is 1. The lowest BCUT2D eigenvalue weighted by molar-refractivity contribution is 0.581. The van der Waals surface area contributed by atoms with Crippen LogP contribution >= 0.6 is 22.9 Å². The first kappa shape index (κ1) is 17.7. The minimum atomic E-state index is -3.74. The normalized spacial score (nSPS) is 14.8. The van der Waals surface area contributed by atoms with Crippen molar-refractivity contribution in [3.63, 3.8) is 0 Å². The largest absolute Gasteiger partial charge is 0.270 e. The van der Waals surface area contributed by atoms with E-state index < -0.39 is 20.0 Å². The maximum atomic E-state index is 12.5. The quantitative estimate of drug-likeness (QED) is 0.795.